The van der Waals surface area contributed by atoms with E-state index in [0.29, 0.717) is 5.88 Å². The van der Waals surface area contributed by atoms with E-state index >= 15 is 0 Å². The molecule has 4 heteroatoms. The van der Waals surface area contributed by atoms with Gasteiger partial charge in [-0.15, -0.1) is 11.6 Å². The van der Waals surface area contributed by atoms with Crippen LogP contribution in [-0.4, -0.2) is 4.92 Å². The molecule has 92 valence electrons. The Kier molecular flexibility index (Phi) is 3.95. The molecule has 2 rings (SSSR count). The molecule has 0 bridgehead atoms. The van der Waals surface area contributed by atoms with Crippen LogP contribution in [0.25, 0.3) is 0 Å². The molecule has 2 aromatic carbocycles. The predicted octanol–water partition coefficient (Wildman–Crippen LogP) is 3.92. The lowest BCUT2D eigenvalue weighted by atomic mass is 10.0. The monoisotopic (exact) mass is 261 g/mol. The summed E-state index contributed by atoms with van der Waals surface area (Å²) in [7, 11) is 0. The third kappa shape index (κ3) is 3.08. The van der Waals surface area contributed by atoms with Crippen molar-refractivity contribution in [3.05, 3.63) is 75.3 Å². The highest BCUT2D eigenvalue weighted by molar-refractivity contribution is 6.17. The number of hydrogen-bond donors (Lipinski definition) is 0. The van der Waals surface area contributed by atoms with E-state index in [9.17, 15) is 10.1 Å². The van der Waals surface area contributed by atoms with Crippen LogP contribution in [0.2, 0.25) is 0 Å². The minimum absolute atomic E-state index is 0.122. The SMILES string of the molecule is O=[N+]([O-])c1ccc(Cc2ccc(CCl)cc2)cc1. The van der Waals surface area contributed by atoms with E-state index in [1.165, 1.54) is 12.1 Å². The maximum atomic E-state index is 10.5. The number of alkyl halides is 1. The summed E-state index contributed by atoms with van der Waals surface area (Å²) in [6.45, 7) is 0. The molecule has 2 aromatic rings. The molecule has 0 spiro atoms. The van der Waals surface area contributed by atoms with Gasteiger partial charge in [-0.1, -0.05) is 36.4 Å². The fourth-order valence-electron chi connectivity index (χ4n) is 1.72. The van der Waals surface area contributed by atoms with Crippen LogP contribution in [0.5, 0.6) is 0 Å². The molecule has 0 saturated heterocycles. The Morgan fingerprint density at radius 2 is 1.33 bits per heavy atom. The first-order valence-corrected chi connectivity index (χ1v) is 6.09. The second kappa shape index (κ2) is 5.65. The second-order valence-corrected chi connectivity index (χ2v) is 4.32. The Labute approximate surface area is 110 Å². The van der Waals surface area contributed by atoms with E-state index in [2.05, 4.69) is 0 Å². The molecule has 0 fully saturated rings. The number of benzene rings is 2. The van der Waals surface area contributed by atoms with Crippen molar-refractivity contribution in [2.24, 2.45) is 0 Å². The van der Waals surface area contributed by atoms with Crippen LogP contribution < -0.4 is 0 Å². The van der Waals surface area contributed by atoms with E-state index in [4.69, 9.17) is 11.6 Å². The molecule has 0 saturated carbocycles. The van der Waals surface area contributed by atoms with Gasteiger partial charge in [0.1, 0.15) is 0 Å². The summed E-state index contributed by atoms with van der Waals surface area (Å²) in [5.74, 6) is 0.512. The van der Waals surface area contributed by atoms with Crippen molar-refractivity contribution in [3.63, 3.8) is 0 Å². The number of non-ortho nitro benzene ring substituents is 1. The number of halogens is 1. The second-order valence-electron chi connectivity index (χ2n) is 4.05. The van der Waals surface area contributed by atoms with Crippen LogP contribution >= 0.6 is 11.6 Å². The van der Waals surface area contributed by atoms with E-state index in [0.717, 1.165) is 23.1 Å². The predicted molar refractivity (Wildman–Crippen MR) is 71.9 cm³/mol. The zero-order valence-corrected chi connectivity index (χ0v) is 10.4. The van der Waals surface area contributed by atoms with Crippen LogP contribution in [0.4, 0.5) is 5.69 Å². The van der Waals surface area contributed by atoms with Gasteiger partial charge in [0.05, 0.1) is 4.92 Å². The standard InChI is InChI=1S/C14H12ClNO2/c15-10-13-3-1-11(2-4-13)9-12-5-7-14(8-6-12)16(17)18/h1-8H,9-10H2. The fourth-order valence-corrected chi connectivity index (χ4v) is 1.90. The number of hydrogen-bond acceptors (Lipinski definition) is 2. The Balaban J connectivity index is 2.10. The van der Waals surface area contributed by atoms with E-state index < -0.39 is 0 Å². The van der Waals surface area contributed by atoms with Crippen molar-refractivity contribution < 1.29 is 4.92 Å². The van der Waals surface area contributed by atoms with Gasteiger partial charge in [0.15, 0.2) is 0 Å². The molecule has 0 heterocycles. The van der Waals surface area contributed by atoms with Gasteiger partial charge in [0.25, 0.3) is 5.69 Å². The smallest absolute Gasteiger partial charge is 0.258 e. The Bertz CT molecular complexity index is 535. The number of nitro benzene ring substituents is 1. The van der Waals surface area contributed by atoms with Crippen LogP contribution in [0.3, 0.4) is 0 Å². The van der Waals surface area contributed by atoms with Crippen molar-refractivity contribution in [1.29, 1.82) is 0 Å². The molecule has 0 aliphatic rings. The minimum atomic E-state index is -0.390. The van der Waals surface area contributed by atoms with Crippen LogP contribution in [0, 0.1) is 10.1 Å². The summed E-state index contributed by atoms with van der Waals surface area (Å²) in [4.78, 5) is 10.1. The molecule has 0 atom stereocenters. The molecule has 18 heavy (non-hydrogen) atoms. The van der Waals surface area contributed by atoms with Crippen LogP contribution in [0.1, 0.15) is 16.7 Å². The van der Waals surface area contributed by atoms with Gasteiger partial charge in [0, 0.05) is 18.0 Å². The number of nitrogens with zero attached hydrogens (tertiary/aromatic N) is 1. The summed E-state index contributed by atoms with van der Waals surface area (Å²) in [5.41, 5.74) is 3.43. The topological polar surface area (TPSA) is 43.1 Å². The van der Waals surface area contributed by atoms with Crippen molar-refractivity contribution >= 4 is 17.3 Å². The van der Waals surface area contributed by atoms with Crippen molar-refractivity contribution in [3.8, 4) is 0 Å². The van der Waals surface area contributed by atoms with Gasteiger partial charge in [-0.3, -0.25) is 10.1 Å². The first kappa shape index (κ1) is 12.6. The van der Waals surface area contributed by atoms with Crippen LogP contribution in [0.15, 0.2) is 48.5 Å². The molecular weight excluding hydrogens is 250 g/mol. The van der Waals surface area contributed by atoms with Crippen LogP contribution in [-0.2, 0) is 12.3 Å². The molecule has 0 radical (unpaired) electrons. The summed E-state index contributed by atoms with van der Waals surface area (Å²) < 4.78 is 0. The lowest BCUT2D eigenvalue weighted by Gasteiger charge is -2.03. The summed E-state index contributed by atoms with van der Waals surface area (Å²) in [6, 6.07) is 14.7. The average molecular weight is 262 g/mol. The maximum Gasteiger partial charge on any atom is 0.269 e. The van der Waals surface area contributed by atoms with E-state index in [-0.39, 0.29) is 10.6 Å². The zero-order chi connectivity index (χ0) is 13.0. The summed E-state index contributed by atoms with van der Waals surface area (Å²) >= 11 is 5.72. The van der Waals surface area contributed by atoms with Crippen molar-refractivity contribution in [2.45, 2.75) is 12.3 Å². The lowest BCUT2D eigenvalue weighted by Crippen LogP contribution is -1.91. The van der Waals surface area contributed by atoms with E-state index in [1.807, 2.05) is 24.3 Å². The van der Waals surface area contributed by atoms with Gasteiger partial charge < -0.3 is 0 Å². The highest BCUT2D eigenvalue weighted by Crippen LogP contribution is 2.16. The highest BCUT2D eigenvalue weighted by Gasteiger charge is 2.04. The first-order chi connectivity index (χ1) is 8.69. The van der Waals surface area contributed by atoms with Crippen molar-refractivity contribution in [2.75, 3.05) is 0 Å². The third-order valence-electron chi connectivity index (χ3n) is 2.73. The number of rotatable bonds is 4. The van der Waals surface area contributed by atoms with Gasteiger partial charge in [-0.25, -0.2) is 0 Å². The van der Waals surface area contributed by atoms with Gasteiger partial charge in [0.2, 0.25) is 0 Å². The summed E-state index contributed by atoms with van der Waals surface area (Å²) in [6.07, 6.45) is 0.764. The molecular formula is C14H12ClNO2. The minimum Gasteiger partial charge on any atom is -0.258 e. The fraction of sp³-hybridized carbons (Fsp3) is 0.143. The Morgan fingerprint density at radius 1 is 0.889 bits per heavy atom. The summed E-state index contributed by atoms with van der Waals surface area (Å²) in [5, 5.41) is 10.5. The molecule has 0 unspecified atom stereocenters. The van der Waals surface area contributed by atoms with Gasteiger partial charge in [-0.05, 0) is 23.1 Å². The lowest BCUT2D eigenvalue weighted by molar-refractivity contribution is -0.384. The molecule has 3 nitrogen and oxygen atoms in total. The van der Waals surface area contributed by atoms with Gasteiger partial charge >= 0.3 is 0 Å². The average Bonchev–Trinajstić information content (AvgIpc) is 2.40. The van der Waals surface area contributed by atoms with Gasteiger partial charge in [-0.2, -0.15) is 0 Å². The number of nitro groups is 1. The molecule has 0 aliphatic carbocycles. The molecule has 0 aromatic heterocycles. The first-order valence-electron chi connectivity index (χ1n) is 5.56. The third-order valence-corrected chi connectivity index (χ3v) is 3.04. The Hall–Kier alpha value is -1.87. The zero-order valence-electron chi connectivity index (χ0n) is 9.67. The van der Waals surface area contributed by atoms with Crippen molar-refractivity contribution in [1.82, 2.24) is 0 Å². The quantitative estimate of drug-likeness (QED) is 0.475. The Morgan fingerprint density at radius 3 is 1.78 bits per heavy atom. The van der Waals surface area contributed by atoms with E-state index in [1.54, 1.807) is 12.1 Å². The molecule has 0 amide bonds. The normalized spacial score (nSPS) is 10.3. The maximum absolute atomic E-state index is 10.5. The molecule has 0 N–H and O–H groups in total. The highest BCUT2D eigenvalue weighted by atomic mass is 35.5. The molecule has 0 aliphatic heterocycles. The largest absolute Gasteiger partial charge is 0.269 e.